The van der Waals surface area contributed by atoms with Gasteiger partial charge in [-0.3, -0.25) is 0 Å². The molecule has 0 unspecified atom stereocenters. The summed E-state index contributed by atoms with van der Waals surface area (Å²) in [5, 5.41) is 2.69. The SMILES string of the molecule is C=CC/C=C(\C)N=O. The summed E-state index contributed by atoms with van der Waals surface area (Å²) in [5.41, 5.74) is 0.518. The van der Waals surface area contributed by atoms with E-state index in [0.717, 1.165) is 6.42 Å². The normalized spacial score (nSPS) is 10.9. The molecule has 0 aliphatic carbocycles. The van der Waals surface area contributed by atoms with E-state index in [0.29, 0.717) is 5.70 Å². The third-order valence-electron chi connectivity index (χ3n) is 0.724. The maximum Gasteiger partial charge on any atom is 0.0781 e. The van der Waals surface area contributed by atoms with Crippen molar-refractivity contribution in [2.75, 3.05) is 0 Å². The summed E-state index contributed by atoms with van der Waals surface area (Å²) in [5.74, 6) is 0. The fourth-order valence-corrected chi connectivity index (χ4v) is 0.291. The van der Waals surface area contributed by atoms with E-state index in [1.807, 2.05) is 0 Å². The van der Waals surface area contributed by atoms with E-state index < -0.39 is 0 Å². The molecular weight excluding hydrogens is 102 g/mol. The minimum Gasteiger partial charge on any atom is -0.145 e. The molecule has 0 aromatic carbocycles. The molecule has 0 aliphatic heterocycles. The van der Waals surface area contributed by atoms with Crippen LogP contribution in [0.2, 0.25) is 0 Å². The molecule has 0 spiro atoms. The molecule has 2 nitrogen and oxygen atoms in total. The molecule has 0 heterocycles. The molecule has 0 aromatic rings. The molecule has 2 heteroatoms. The molecule has 0 aromatic heterocycles. The molecule has 0 rings (SSSR count). The van der Waals surface area contributed by atoms with Crippen LogP contribution in [0.3, 0.4) is 0 Å². The zero-order valence-corrected chi connectivity index (χ0v) is 4.92. The zero-order chi connectivity index (χ0) is 6.41. The Morgan fingerprint density at radius 1 is 1.88 bits per heavy atom. The molecule has 8 heavy (non-hydrogen) atoms. The van der Waals surface area contributed by atoms with Crippen LogP contribution in [0.4, 0.5) is 0 Å². The Balaban J connectivity index is 3.56. The van der Waals surface area contributed by atoms with Crippen LogP contribution in [0.5, 0.6) is 0 Å². The molecule has 0 fully saturated rings. The number of hydrogen-bond donors (Lipinski definition) is 0. The molecule has 0 aliphatic rings. The lowest BCUT2D eigenvalue weighted by atomic mass is 10.3. The van der Waals surface area contributed by atoms with E-state index in [9.17, 15) is 4.91 Å². The Labute approximate surface area is 48.9 Å². The van der Waals surface area contributed by atoms with Gasteiger partial charge in [0.1, 0.15) is 0 Å². The van der Waals surface area contributed by atoms with Crippen LogP contribution < -0.4 is 0 Å². The second-order valence-electron chi connectivity index (χ2n) is 1.46. The van der Waals surface area contributed by atoms with Crippen molar-refractivity contribution >= 4 is 0 Å². The van der Waals surface area contributed by atoms with Gasteiger partial charge in [-0.25, -0.2) is 0 Å². The van der Waals surface area contributed by atoms with Crippen molar-refractivity contribution in [1.29, 1.82) is 0 Å². The third-order valence-corrected chi connectivity index (χ3v) is 0.724. The first-order valence-electron chi connectivity index (χ1n) is 2.42. The summed E-state index contributed by atoms with van der Waals surface area (Å²) in [4.78, 5) is 9.66. The first kappa shape index (κ1) is 7.08. The van der Waals surface area contributed by atoms with Gasteiger partial charge in [0, 0.05) is 0 Å². The fraction of sp³-hybridized carbons (Fsp3) is 0.333. The summed E-state index contributed by atoms with van der Waals surface area (Å²) in [6.45, 7) is 5.14. The van der Waals surface area contributed by atoms with Gasteiger partial charge in [-0.1, -0.05) is 12.2 Å². The summed E-state index contributed by atoms with van der Waals surface area (Å²) in [6.07, 6.45) is 4.16. The highest BCUT2D eigenvalue weighted by Crippen LogP contribution is 1.94. The Morgan fingerprint density at radius 2 is 2.50 bits per heavy atom. The summed E-state index contributed by atoms with van der Waals surface area (Å²) in [7, 11) is 0. The van der Waals surface area contributed by atoms with E-state index in [-0.39, 0.29) is 0 Å². The quantitative estimate of drug-likeness (QED) is 0.405. The monoisotopic (exact) mass is 111 g/mol. The van der Waals surface area contributed by atoms with Crippen molar-refractivity contribution < 1.29 is 0 Å². The van der Waals surface area contributed by atoms with E-state index in [2.05, 4.69) is 11.8 Å². The topological polar surface area (TPSA) is 29.4 Å². The summed E-state index contributed by atoms with van der Waals surface area (Å²) < 4.78 is 0. The van der Waals surface area contributed by atoms with E-state index in [1.165, 1.54) is 0 Å². The van der Waals surface area contributed by atoms with Gasteiger partial charge in [0.15, 0.2) is 0 Å². The lowest BCUT2D eigenvalue weighted by Crippen LogP contribution is -1.63. The third kappa shape index (κ3) is 3.28. The Morgan fingerprint density at radius 3 is 2.88 bits per heavy atom. The van der Waals surface area contributed by atoms with Gasteiger partial charge in [0.25, 0.3) is 0 Å². The van der Waals surface area contributed by atoms with Crippen LogP contribution >= 0.6 is 0 Å². The maximum absolute atomic E-state index is 9.66. The fourth-order valence-electron chi connectivity index (χ4n) is 0.291. The first-order chi connectivity index (χ1) is 3.81. The zero-order valence-electron chi connectivity index (χ0n) is 4.92. The second-order valence-corrected chi connectivity index (χ2v) is 1.46. The molecule has 0 atom stereocenters. The minimum atomic E-state index is 0.518. The smallest absolute Gasteiger partial charge is 0.0781 e. The standard InChI is InChI=1S/C6H9NO/c1-3-4-5-6(2)7-8/h3,5H,1,4H2,2H3/b6-5+. The van der Waals surface area contributed by atoms with Gasteiger partial charge in [-0.15, -0.1) is 11.5 Å². The van der Waals surface area contributed by atoms with Gasteiger partial charge in [0.2, 0.25) is 0 Å². The van der Waals surface area contributed by atoms with E-state index >= 15 is 0 Å². The molecule has 0 amide bonds. The molecule has 0 radical (unpaired) electrons. The van der Waals surface area contributed by atoms with Gasteiger partial charge in [-0.2, -0.15) is 0 Å². The van der Waals surface area contributed by atoms with E-state index in [4.69, 9.17) is 0 Å². The number of hydrogen-bond acceptors (Lipinski definition) is 2. The predicted molar refractivity (Wildman–Crippen MR) is 34.4 cm³/mol. The Kier molecular flexibility index (Phi) is 3.76. The van der Waals surface area contributed by atoms with Crippen molar-refractivity contribution in [2.24, 2.45) is 5.18 Å². The van der Waals surface area contributed by atoms with Crippen molar-refractivity contribution in [1.82, 2.24) is 0 Å². The largest absolute Gasteiger partial charge is 0.145 e. The molecule has 0 saturated heterocycles. The van der Waals surface area contributed by atoms with Crippen LogP contribution in [-0.2, 0) is 0 Å². The maximum atomic E-state index is 9.66. The summed E-state index contributed by atoms with van der Waals surface area (Å²) in [6, 6.07) is 0. The van der Waals surface area contributed by atoms with Gasteiger partial charge < -0.3 is 0 Å². The highest BCUT2D eigenvalue weighted by atomic mass is 16.3. The molecule has 0 saturated carbocycles. The van der Waals surface area contributed by atoms with Crippen LogP contribution in [0, 0.1) is 4.91 Å². The van der Waals surface area contributed by atoms with Crippen molar-refractivity contribution in [3.63, 3.8) is 0 Å². The predicted octanol–water partition coefficient (Wildman–Crippen LogP) is 2.23. The van der Waals surface area contributed by atoms with Gasteiger partial charge >= 0.3 is 0 Å². The van der Waals surface area contributed by atoms with Crippen LogP contribution in [0.15, 0.2) is 29.6 Å². The highest BCUT2D eigenvalue weighted by molar-refractivity contribution is 4.98. The Bertz CT molecular complexity index is 116. The average Bonchev–Trinajstić information content (AvgIpc) is 1.83. The van der Waals surface area contributed by atoms with Crippen LogP contribution in [-0.4, -0.2) is 0 Å². The van der Waals surface area contributed by atoms with Crippen molar-refractivity contribution in [3.8, 4) is 0 Å². The molecule has 44 valence electrons. The highest BCUT2D eigenvalue weighted by Gasteiger charge is 1.79. The molecular formula is C6H9NO. The lowest BCUT2D eigenvalue weighted by Gasteiger charge is -1.79. The van der Waals surface area contributed by atoms with E-state index in [1.54, 1.807) is 19.1 Å². The lowest BCUT2D eigenvalue weighted by molar-refractivity contribution is 1.22. The van der Waals surface area contributed by atoms with Crippen molar-refractivity contribution in [2.45, 2.75) is 13.3 Å². The number of nitroso groups, excluding NO2 is 1. The second kappa shape index (κ2) is 4.24. The summed E-state index contributed by atoms with van der Waals surface area (Å²) >= 11 is 0. The van der Waals surface area contributed by atoms with Gasteiger partial charge in [0.05, 0.1) is 5.70 Å². The number of allylic oxidation sites excluding steroid dienone is 3. The van der Waals surface area contributed by atoms with Crippen LogP contribution in [0.25, 0.3) is 0 Å². The van der Waals surface area contributed by atoms with Crippen molar-refractivity contribution in [3.05, 3.63) is 29.3 Å². The first-order valence-corrected chi connectivity index (χ1v) is 2.42. The molecule has 0 N–H and O–H groups in total. The van der Waals surface area contributed by atoms with Crippen LogP contribution in [0.1, 0.15) is 13.3 Å². The molecule has 0 bridgehead atoms. The number of rotatable bonds is 3. The number of nitrogens with zero attached hydrogens (tertiary/aromatic N) is 1. The minimum absolute atomic E-state index is 0.518. The van der Waals surface area contributed by atoms with Gasteiger partial charge in [-0.05, 0) is 18.5 Å². The Hall–Kier alpha value is -0.920. The average molecular weight is 111 g/mol.